The fourth-order valence-corrected chi connectivity index (χ4v) is 3.46. The van der Waals surface area contributed by atoms with Gasteiger partial charge < -0.3 is 14.7 Å². The molecule has 1 unspecified atom stereocenters. The van der Waals surface area contributed by atoms with Crippen LogP contribution in [0.5, 0.6) is 0 Å². The Morgan fingerprint density at radius 3 is 2.87 bits per heavy atom. The van der Waals surface area contributed by atoms with Crippen molar-refractivity contribution in [2.45, 2.75) is 46.1 Å². The number of nitrogens with one attached hydrogen (secondary N) is 1. The lowest BCUT2D eigenvalue weighted by atomic mass is 10.1. The summed E-state index contributed by atoms with van der Waals surface area (Å²) in [5, 5.41) is 7.46. The summed E-state index contributed by atoms with van der Waals surface area (Å²) in [6.07, 6.45) is 3.50. The third-order valence-corrected chi connectivity index (χ3v) is 4.80. The third-order valence-electron chi connectivity index (χ3n) is 4.80. The molecule has 6 nitrogen and oxygen atoms in total. The molecule has 6 heteroatoms. The van der Waals surface area contributed by atoms with Crippen molar-refractivity contribution in [2.75, 3.05) is 40.3 Å². The maximum absolute atomic E-state index is 5.22. The molecule has 0 bridgehead atoms. The Bertz CT molecular complexity index is 506. The van der Waals surface area contributed by atoms with Crippen LogP contribution < -0.4 is 5.32 Å². The molecule has 1 fully saturated rings. The summed E-state index contributed by atoms with van der Waals surface area (Å²) in [6.45, 7) is 10.4. The van der Waals surface area contributed by atoms with Gasteiger partial charge in [-0.05, 0) is 46.2 Å². The molecule has 1 N–H and O–H groups in total. The first-order valence-corrected chi connectivity index (χ1v) is 8.64. The Labute approximate surface area is 139 Å². The zero-order valence-corrected chi connectivity index (χ0v) is 15.2. The van der Waals surface area contributed by atoms with E-state index >= 15 is 0 Å². The number of nitrogens with zero attached hydrogens (tertiary/aromatic N) is 4. The lowest BCUT2D eigenvalue weighted by Crippen LogP contribution is -2.46. The third kappa shape index (κ3) is 4.47. The summed E-state index contributed by atoms with van der Waals surface area (Å²) in [4.78, 5) is 9.22. The van der Waals surface area contributed by atoms with Gasteiger partial charge >= 0.3 is 0 Å². The largest absolute Gasteiger partial charge is 0.361 e. The van der Waals surface area contributed by atoms with Gasteiger partial charge in [0.05, 0.1) is 5.69 Å². The Hall–Kier alpha value is -1.56. The van der Waals surface area contributed by atoms with Gasteiger partial charge in [0.2, 0.25) is 0 Å². The van der Waals surface area contributed by atoms with Crippen molar-refractivity contribution in [1.29, 1.82) is 0 Å². The topological polar surface area (TPSA) is 56.9 Å². The normalized spacial score (nSPS) is 19.3. The van der Waals surface area contributed by atoms with Crippen molar-refractivity contribution in [3.8, 4) is 0 Å². The highest BCUT2D eigenvalue weighted by atomic mass is 16.5. The molecule has 1 atom stereocenters. The Kier molecular flexibility index (Phi) is 6.45. The van der Waals surface area contributed by atoms with Crippen LogP contribution in [0.2, 0.25) is 0 Å². The average Bonchev–Trinajstić information content (AvgIpc) is 3.11. The van der Waals surface area contributed by atoms with Crippen LogP contribution >= 0.6 is 0 Å². The maximum Gasteiger partial charge on any atom is 0.193 e. The van der Waals surface area contributed by atoms with Crippen LogP contribution in [0.4, 0.5) is 0 Å². The average molecular weight is 321 g/mol. The molecule has 0 spiro atoms. The molecule has 2 rings (SSSR count). The molecule has 1 aliphatic rings. The standard InChI is InChI=1S/C17H31N5O/c1-6-22-11-7-8-15(22)12-21(5)17(18-4)19-10-9-16-13(2)20-23-14(16)3/h15H,6-12H2,1-5H3,(H,18,19). The van der Waals surface area contributed by atoms with Crippen LogP contribution in [0, 0.1) is 13.8 Å². The quantitative estimate of drug-likeness (QED) is 0.640. The minimum absolute atomic E-state index is 0.645. The van der Waals surface area contributed by atoms with Crippen molar-refractivity contribution in [1.82, 2.24) is 20.3 Å². The van der Waals surface area contributed by atoms with E-state index in [0.29, 0.717) is 6.04 Å². The van der Waals surface area contributed by atoms with Crippen LogP contribution in [0.3, 0.4) is 0 Å². The molecule has 1 saturated heterocycles. The van der Waals surface area contributed by atoms with E-state index in [0.717, 1.165) is 43.5 Å². The first-order valence-electron chi connectivity index (χ1n) is 8.64. The van der Waals surface area contributed by atoms with Gasteiger partial charge in [0.1, 0.15) is 5.76 Å². The minimum Gasteiger partial charge on any atom is -0.361 e. The number of likely N-dealkylation sites (tertiary alicyclic amines) is 1. The second-order valence-corrected chi connectivity index (χ2v) is 6.33. The van der Waals surface area contributed by atoms with Crippen LogP contribution in [0.1, 0.15) is 36.8 Å². The van der Waals surface area contributed by atoms with Crippen molar-refractivity contribution in [3.05, 3.63) is 17.0 Å². The van der Waals surface area contributed by atoms with E-state index < -0.39 is 0 Å². The number of aromatic nitrogens is 1. The molecule has 0 aliphatic carbocycles. The van der Waals surface area contributed by atoms with E-state index in [-0.39, 0.29) is 0 Å². The lowest BCUT2D eigenvalue weighted by Gasteiger charge is -2.29. The van der Waals surface area contributed by atoms with Gasteiger partial charge in [0.15, 0.2) is 5.96 Å². The van der Waals surface area contributed by atoms with Gasteiger partial charge in [-0.15, -0.1) is 0 Å². The molecular formula is C17H31N5O. The molecule has 0 radical (unpaired) electrons. The van der Waals surface area contributed by atoms with Gasteiger partial charge in [-0.1, -0.05) is 12.1 Å². The highest BCUT2D eigenvalue weighted by Gasteiger charge is 2.24. The second kappa shape index (κ2) is 8.34. The molecule has 1 aromatic rings. The van der Waals surface area contributed by atoms with Crippen LogP contribution in [0.15, 0.2) is 9.52 Å². The predicted molar refractivity (Wildman–Crippen MR) is 93.9 cm³/mol. The van der Waals surface area contributed by atoms with Crippen molar-refractivity contribution >= 4 is 5.96 Å². The maximum atomic E-state index is 5.22. The van der Waals surface area contributed by atoms with Gasteiger partial charge in [-0.3, -0.25) is 9.89 Å². The van der Waals surface area contributed by atoms with Crippen molar-refractivity contribution in [3.63, 3.8) is 0 Å². The molecule has 1 aromatic heterocycles. The van der Waals surface area contributed by atoms with Gasteiger partial charge in [-0.25, -0.2) is 0 Å². The number of hydrogen-bond acceptors (Lipinski definition) is 4. The molecule has 0 saturated carbocycles. The zero-order valence-electron chi connectivity index (χ0n) is 15.2. The van der Waals surface area contributed by atoms with Crippen molar-refractivity contribution in [2.24, 2.45) is 4.99 Å². The van der Waals surface area contributed by atoms with Gasteiger partial charge in [0.25, 0.3) is 0 Å². The van der Waals surface area contributed by atoms with Crippen LogP contribution in [-0.2, 0) is 6.42 Å². The highest BCUT2D eigenvalue weighted by Crippen LogP contribution is 2.17. The number of likely N-dealkylation sites (N-methyl/N-ethyl adjacent to an activating group) is 2. The number of rotatable bonds is 6. The first-order chi connectivity index (χ1) is 11.1. The van der Waals surface area contributed by atoms with Gasteiger partial charge in [-0.2, -0.15) is 0 Å². The zero-order chi connectivity index (χ0) is 16.8. The first kappa shape index (κ1) is 17.8. The smallest absolute Gasteiger partial charge is 0.193 e. The van der Waals surface area contributed by atoms with Crippen molar-refractivity contribution < 1.29 is 4.52 Å². The summed E-state index contributed by atoms with van der Waals surface area (Å²) in [5.74, 6) is 1.87. The molecule has 2 heterocycles. The summed E-state index contributed by atoms with van der Waals surface area (Å²) in [5.41, 5.74) is 2.18. The number of hydrogen-bond donors (Lipinski definition) is 1. The number of aliphatic imine (C=N–C) groups is 1. The van der Waals surface area contributed by atoms with E-state index in [9.17, 15) is 0 Å². The van der Waals surface area contributed by atoms with E-state index in [2.05, 4.69) is 39.2 Å². The van der Waals surface area contributed by atoms with E-state index in [1.807, 2.05) is 20.9 Å². The number of guanidine groups is 1. The second-order valence-electron chi connectivity index (χ2n) is 6.33. The summed E-state index contributed by atoms with van der Waals surface area (Å²) in [7, 11) is 3.97. The molecule has 0 amide bonds. The molecule has 1 aliphatic heterocycles. The minimum atomic E-state index is 0.645. The lowest BCUT2D eigenvalue weighted by molar-refractivity contribution is 0.233. The summed E-state index contributed by atoms with van der Waals surface area (Å²) >= 11 is 0. The molecule has 0 aromatic carbocycles. The summed E-state index contributed by atoms with van der Waals surface area (Å²) in [6, 6.07) is 0.645. The number of aryl methyl sites for hydroxylation is 2. The highest BCUT2D eigenvalue weighted by molar-refractivity contribution is 5.79. The fraction of sp³-hybridized carbons (Fsp3) is 0.765. The van der Waals surface area contributed by atoms with Crippen LogP contribution in [-0.4, -0.2) is 67.2 Å². The monoisotopic (exact) mass is 321 g/mol. The predicted octanol–water partition coefficient (Wildman–Crippen LogP) is 1.83. The molecular weight excluding hydrogens is 290 g/mol. The van der Waals surface area contributed by atoms with E-state index in [1.54, 1.807) is 0 Å². The fourth-order valence-electron chi connectivity index (χ4n) is 3.46. The van der Waals surface area contributed by atoms with Gasteiger partial charge in [0, 0.05) is 38.8 Å². The molecule has 23 heavy (non-hydrogen) atoms. The van der Waals surface area contributed by atoms with E-state index in [1.165, 1.54) is 24.9 Å². The Balaban J connectivity index is 1.82. The molecule has 130 valence electrons. The van der Waals surface area contributed by atoms with Crippen LogP contribution in [0.25, 0.3) is 0 Å². The Morgan fingerprint density at radius 1 is 1.48 bits per heavy atom. The SMILES string of the molecule is CCN1CCCC1CN(C)C(=NC)NCCc1c(C)noc1C. The summed E-state index contributed by atoms with van der Waals surface area (Å²) < 4.78 is 5.22. The van der Waals surface area contributed by atoms with E-state index in [4.69, 9.17) is 4.52 Å². The Morgan fingerprint density at radius 2 is 2.26 bits per heavy atom.